The lowest BCUT2D eigenvalue weighted by atomic mass is 10.2. The second kappa shape index (κ2) is 7.81. The molecular formula is C18H17ClN4O3S. The standard InChI is InChI=1S/C18H17ClN4O3S/c1-13(23-11-3-10-20-23)18(24)21-15-4-2-5-16(12-15)22-27(25,26)17-8-6-14(19)7-9-17/h2-13,22H,1H3,(H,21,24)/t13-/m1/s1. The molecule has 9 heteroatoms. The molecule has 1 aromatic heterocycles. The maximum atomic E-state index is 12.5. The Morgan fingerprint density at radius 2 is 1.81 bits per heavy atom. The maximum absolute atomic E-state index is 12.5. The Morgan fingerprint density at radius 3 is 2.48 bits per heavy atom. The highest BCUT2D eigenvalue weighted by molar-refractivity contribution is 7.92. The van der Waals surface area contributed by atoms with Gasteiger partial charge >= 0.3 is 0 Å². The minimum absolute atomic E-state index is 0.0913. The van der Waals surface area contributed by atoms with Crippen molar-refractivity contribution in [3.8, 4) is 0 Å². The van der Waals surface area contributed by atoms with Gasteiger partial charge in [-0.2, -0.15) is 5.10 Å². The number of nitrogens with one attached hydrogen (secondary N) is 2. The van der Waals surface area contributed by atoms with Crippen LogP contribution in [0.1, 0.15) is 13.0 Å². The molecule has 27 heavy (non-hydrogen) atoms. The number of anilines is 2. The first-order valence-corrected chi connectivity index (χ1v) is 9.90. The van der Waals surface area contributed by atoms with E-state index in [4.69, 9.17) is 11.6 Å². The molecule has 2 aromatic carbocycles. The fourth-order valence-electron chi connectivity index (χ4n) is 2.36. The molecule has 0 spiro atoms. The number of amides is 1. The molecular weight excluding hydrogens is 388 g/mol. The topological polar surface area (TPSA) is 93.1 Å². The molecule has 0 fully saturated rings. The van der Waals surface area contributed by atoms with Crippen LogP contribution in [0.2, 0.25) is 5.02 Å². The molecule has 7 nitrogen and oxygen atoms in total. The van der Waals surface area contributed by atoms with Crippen LogP contribution in [0.4, 0.5) is 11.4 Å². The molecule has 0 aliphatic heterocycles. The number of hydrogen-bond acceptors (Lipinski definition) is 4. The summed E-state index contributed by atoms with van der Waals surface area (Å²) >= 11 is 5.79. The smallest absolute Gasteiger partial charge is 0.261 e. The predicted octanol–water partition coefficient (Wildman–Crippen LogP) is 3.54. The first-order chi connectivity index (χ1) is 12.8. The molecule has 3 aromatic rings. The third-order valence-electron chi connectivity index (χ3n) is 3.81. The highest BCUT2D eigenvalue weighted by Crippen LogP contribution is 2.21. The van der Waals surface area contributed by atoms with Gasteiger partial charge in [0.2, 0.25) is 5.91 Å². The van der Waals surface area contributed by atoms with E-state index in [0.29, 0.717) is 16.4 Å². The molecule has 1 heterocycles. The highest BCUT2D eigenvalue weighted by atomic mass is 35.5. The summed E-state index contributed by atoms with van der Waals surface area (Å²) in [7, 11) is -3.76. The fourth-order valence-corrected chi connectivity index (χ4v) is 3.54. The van der Waals surface area contributed by atoms with Gasteiger partial charge in [-0.25, -0.2) is 8.42 Å². The number of carbonyl (C=O) groups is 1. The normalized spacial score (nSPS) is 12.4. The lowest BCUT2D eigenvalue weighted by molar-refractivity contribution is -0.119. The Labute approximate surface area is 162 Å². The van der Waals surface area contributed by atoms with E-state index < -0.39 is 16.1 Å². The van der Waals surface area contributed by atoms with E-state index in [1.165, 1.54) is 28.9 Å². The van der Waals surface area contributed by atoms with Crippen molar-refractivity contribution in [3.63, 3.8) is 0 Å². The van der Waals surface area contributed by atoms with Crippen LogP contribution in [0.3, 0.4) is 0 Å². The predicted molar refractivity (Wildman–Crippen MR) is 104 cm³/mol. The summed E-state index contributed by atoms with van der Waals surface area (Å²) in [5.41, 5.74) is 0.796. The van der Waals surface area contributed by atoms with E-state index in [1.54, 1.807) is 49.6 Å². The van der Waals surface area contributed by atoms with Crippen molar-refractivity contribution in [2.45, 2.75) is 17.9 Å². The minimum Gasteiger partial charge on any atom is -0.324 e. The molecule has 0 saturated heterocycles. The van der Waals surface area contributed by atoms with Crippen molar-refractivity contribution in [2.75, 3.05) is 10.0 Å². The molecule has 3 rings (SSSR count). The van der Waals surface area contributed by atoms with Gasteiger partial charge in [0, 0.05) is 23.1 Å². The van der Waals surface area contributed by atoms with E-state index in [2.05, 4.69) is 15.1 Å². The Kier molecular flexibility index (Phi) is 5.48. The van der Waals surface area contributed by atoms with Crippen molar-refractivity contribution in [2.24, 2.45) is 0 Å². The van der Waals surface area contributed by atoms with Crippen LogP contribution in [0.5, 0.6) is 0 Å². The maximum Gasteiger partial charge on any atom is 0.261 e. The van der Waals surface area contributed by atoms with E-state index in [0.717, 1.165) is 0 Å². The van der Waals surface area contributed by atoms with Crippen LogP contribution in [0.15, 0.2) is 71.9 Å². The number of benzene rings is 2. The van der Waals surface area contributed by atoms with Gasteiger partial charge in [0.15, 0.2) is 0 Å². The summed E-state index contributed by atoms with van der Waals surface area (Å²) in [6.45, 7) is 1.72. The van der Waals surface area contributed by atoms with Crippen LogP contribution < -0.4 is 10.0 Å². The second-order valence-corrected chi connectivity index (χ2v) is 7.91. The molecule has 0 saturated carbocycles. The summed E-state index contributed by atoms with van der Waals surface area (Å²) in [6, 6.07) is 13.5. The van der Waals surface area contributed by atoms with Crippen molar-refractivity contribution in [3.05, 3.63) is 72.0 Å². The second-order valence-electron chi connectivity index (χ2n) is 5.79. The number of nitrogens with zero attached hydrogens (tertiary/aromatic N) is 2. The van der Waals surface area contributed by atoms with Gasteiger partial charge in [-0.3, -0.25) is 14.2 Å². The van der Waals surface area contributed by atoms with Crippen LogP contribution in [-0.4, -0.2) is 24.1 Å². The average molecular weight is 405 g/mol. The van der Waals surface area contributed by atoms with E-state index >= 15 is 0 Å². The molecule has 0 unspecified atom stereocenters. The van der Waals surface area contributed by atoms with Crippen molar-refractivity contribution in [1.82, 2.24) is 9.78 Å². The van der Waals surface area contributed by atoms with Crippen molar-refractivity contribution < 1.29 is 13.2 Å². The third kappa shape index (κ3) is 4.66. The van der Waals surface area contributed by atoms with Crippen LogP contribution >= 0.6 is 11.6 Å². The Hall–Kier alpha value is -2.84. The lowest BCUT2D eigenvalue weighted by Gasteiger charge is -2.14. The average Bonchev–Trinajstić information content (AvgIpc) is 3.16. The zero-order valence-corrected chi connectivity index (χ0v) is 15.9. The molecule has 1 amide bonds. The molecule has 0 aliphatic rings. The van der Waals surface area contributed by atoms with Gasteiger partial charge in [0.1, 0.15) is 6.04 Å². The molecule has 0 radical (unpaired) electrons. The Bertz CT molecular complexity index is 1030. The van der Waals surface area contributed by atoms with Gasteiger partial charge in [-0.05, 0) is 55.5 Å². The number of sulfonamides is 1. The van der Waals surface area contributed by atoms with Gasteiger partial charge in [0.05, 0.1) is 10.6 Å². The van der Waals surface area contributed by atoms with Gasteiger partial charge in [0.25, 0.3) is 10.0 Å². The van der Waals surface area contributed by atoms with Gasteiger partial charge in [-0.1, -0.05) is 17.7 Å². The Morgan fingerprint density at radius 1 is 1.11 bits per heavy atom. The number of halogens is 1. The van der Waals surface area contributed by atoms with E-state index in [9.17, 15) is 13.2 Å². The molecule has 0 aliphatic carbocycles. The molecule has 140 valence electrons. The van der Waals surface area contributed by atoms with Gasteiger partial charge < -0.3 is 5.32 Å². The quantitative estimate of drug-likeness (QED) is 0.657. The minimum atomic E-state index is -3.76. The summed E-state index contributed by atoms with van der Waals surface area (Å²) in [6.07, 6.45) is 3.29. The van der Waals surface area contributed by atoms with E-state index in [1.807, 2.05) is 0 Å². The van der Waals surface area contributed by atoms with Crippen LogP contribution in [0.25, 0.3) is 0 Å². The fraction of sp³-hybridized carbons (Fsp3) is 0.111. The first kappa shape index (κ1) is 18.9. The zero-order chi connectivity index (χ0) is 19.4. The van der Waals surface area contributed by atoms with Crippen molar-refractivity contribution in [1.29, 1.82) is 0 Å². The van der Waals surface area contributed by atoms with Gasteiger partial charge in [-0.15, -0.1) is 0 Å². The van der Waals surface area contributed by atoms with Crippen molar-refractivity contribution >= 4 is 38.9 Å². The molecule has 1 atom stereocenters. The number of hydrogen-bond donors (Lipinski definition) is 2. The molecule has 0 bridgehead atoms. The summed E-state index contributed by atoms with van der Waals surface area (Å²) in [4.78, 5) is 12.4. The first-order valence-electron chi connectivity index (χ1n) is 8.03. The molecule has 2 N–H and O–H groups in total. The Balaban J connectivity index is 1.73. The summed E-state index contributed by atoms with van der Waals surface area (Å²) < 4.78 is 28.9. The third-order valence-corrected chi connectivity index (χ3v) is 5.46. The summed E-state index contributed by atoms with van der Waals surface area (Å²) in [5.74, 6) is -0.267. The number of rotatable bonds is 6. The SMILES string of the molecule is C[C@H](C(=O)Nc1cccc(NS(=O)(=O)c2ccc(Cl)cc2)c1)n1cccn1. The monoisotopic (exact) mass is 404 g/mol. The van der Waals surface area contributed by atoms with Crippen LogP contribution in [-0.2, 0) is 14.8 Å². The highest BCUT2D eigenvalue weighted by Gasteiger charge is 2.17. The largest absolute Gasteiger partial charge is 0.324 e. The summed E-state index contributed by atoms with van der Waals surface area (Å²) in [5, 5.41) is 7.24. The lowest BCUT2D eigenvalue weighted by Crippen LogP contribution is -2.24. The zero-order valence-electron chi connectivity index (χ0n) is 14.3. The van der Waals surface area contributed by atoms with Crippen LogP contribution in [0, 0.1) is 0 Å². The van der Waals surface area contributed by atoms with E-state index in [-0.39, 0.29) is 10.8 Å². The number of aromatic nitrogens is 2. The number of carbonyl (C=O) groups excluding carboxylic acids is 1.